The summed E-state index contributed by atoms with van der Waals surface area (Å²) in [6, 6.07) is 3.80. The highest BCUT2D eigenvalue weighted by Gasteiger charge is 2.38. The third-order valence-electron chi connectivity index (χ3n) is 9.76. The van der Waals surface area contributed by atoms with E-state index in [0.29, 0.717) is 30.1 Å². The van der Waals surface area contributed by atoms with Crippen molar-refractivity contribution in [1.29, 1.82) is 0 Å². The van der Waals surface area contributed by atoms with Crippen LogP contribution in [-0.2, 0) is 25.5 Å². The molecule has 0 unspecified atom stereocenters. The van der Waals surface area contributed by atoms with E-state index < -0.39 is 30.1 Å². The number of likely N-dealkylation sites (N-methyl/N-ethyl adjacent to an activating group) is 1. The van der Waals surface area contributed by atoms with Gasteiger partial charge in [0.1, 0.15) is 34.6 Å². The molecule has 13 heteroatoms. The van der Waals surface area contributed by atoms with Crippen LogP contribution in [0.4, 0.5) is 0 Å². The van der Waals surface area contributed by atoms with Gasteiger partial charge in [-0.05, 0) is 68.8 Å². The second-order valence-corrected chi connectivity index (χ2v) is 15.0. The average Bonchev–Trinajstić information content (AvgIpc) is 3.60. The van der Waals surface area contributed by atoms with Gasteiger partial charge in [-0.2, -0.15) is 0 Å². The van der Waals surface area contributed by atoms with Crippen LogP contribution < -0.4 is 10.6 Å². The van der Waals surface area contributed by atoms with Crippen molar-refractivity contribution in [3.05, 3.63) is 45.9 Å². The number of aliphatic carboxylic acids is 1. The summed E-state index contributed by atoms with van der Waals surface area (Å²) < 4.78 is 6.34. The number of rotatable bonds is 20. The smallest absolute Gasteiger partial charge is 0.326 e. The van der Waals surface area contributed by atoms with Crippen LogP contribution in [0.5, 0.6) is 5.75 Å². The molecule has 1 fully saturated rings. The van der Waals surface area contributed by atoms with Crippen molar-refractivity contribution in [2.75, 3.05) is 26.7 Å². The Morgan fingerprint density at radius 1 is 1.06 bits per heavy atom. The first-order chi connectivity index (χ1) is 24.3. The molecule has 1 saturated heterocycles. The van der Waals surface area contributed by atoms with Crippen molar-refractivity contribution in [1.82, 2.24) is 25.4 Å². The van der Waals surface area contributed by atoms with Crippen LogP contribution >= 0.6 is 11.3 Å². The number of carboxylic acids is 1. The Labute approximate surface area is 307 Å². The maximum atomic E-state index is 14.5. The quantitative estimate of drug-likeness (QED) is 0.140. The van der Waals surface area contributed by atoms with Crippen LogP contribution in [0.1, 0.15) is 114 Å². The first-order valence-electron chi connectivity index (χ1n) is 18.5. The van der Waals surface area contributed by atoms with Crippen molar-refractivity contribution < 1.29 is 34.1 Å². The van der Waals surface area contributed by atoms with Gasteiger partial charge in [-0.3, -0.25) is 19.3 Å². The van der Waals surface area contributed by atoms with Crippen LogP contribution in [0, 0.1) is 11.8 Å². The largest absolute Gasteiger partial charge is 0.508 e. The lowest BCUT2D eigenvalue weighted by Gasteiger charge is -2.40. The topological polar surface area (TPSA) is 161 Å². The summed E-state index contributed by atoms with van der Waals surface area (Å²) >= 11 is 1.27. The van der Waals surface area contributed by atoms with Gasteiger partial charge in [0.05, 0.1) is 6.04 Å². The molecule has 0 spiro atoms. The lowest BCUT2D eigenvalue weighted by molar-refractivity contribution is -0.143. The number of nitrogens with zero attached hydrogens (tertiary/aromatic N) is 3. The number of nitrogens with one attached hydrogen (secondary N) is 2. The number of ether oxygens (including phenoxy) is 1. The molecule has 284 valence electrons. The maximum Gasteiger partial charge on any atom is 0.326 e. The van der Waals surface area contributed by atoms with Gasteiger partial charge in [-0.25, -0.2) is 9.78 Å². The molecule has 3 amide bonds. The number of aromatic hydroxyl groups is 1. The number of piperidine rings is 1. The normalized spacial score (nSPS) is 18.0. The summed E-state index contributed by atoms with van der Waals surface area (Å²) in [5, 5.41) is 27.3. The summed E-state index contributed by atoms with van der Waals surface area (Å²) in [7, 11) is 1.97. The number of carbonyl (C=O) groups is 4. The number of phenolic OH excluding ortho intramolecular Hbond substituents is 1. The van der Waals surface area contributed by atoms with Gasteiger partial charge in [0.15, 0.2) is 0 Å². The van der Waals surface area contributed by atoms with Crippen LogP contribution in [0.2, 0.25) is 0 Å². The Balaban J connectivity index is 1.84. The van der Waals surface area contributed by atoms with Crippen molar-refractivity contribution in [2.45, 2.75) is 123 Å². The van der Waals surface area contributed by atoms with Gasteiger partial charge in [-0.15, -0.1) is 11.3 Å². The van der Waals surface area contributed by atoms with Crippen molar-refractivity contribution in [3.8, 4) is 5.75 Å². The molecule has 1 aromatic heterocycles. The SMILES string of the molecule is CCCO[C@H](C[C@H](C(C)C)N(CCC)C(=O)[C@@H](NC(=O)[C@H]1CCCCN1C)[C@@H](C)CC)c1nc(C(=O)N[C@@H](Cc2ccc(O)cc2)C(=O)O)cs1. The van der Waals surface area contributed by atoms with E-state index in [9.17, 15) is 29.4 Å². The number of hydrogen-bond acceptors (Lipinski definition) is 9. The minimum absolute atomic E-state index is 0.0351. The third kappa shape index (κ3) is 12.0. The molecule has 1 aliphatic rings. The van der Waals surface area contributed by atoms with E-state index in [2.05, 4.69) is 34.4 Å². The van der Waals surface area contributed by atoms with E-state index in [1.807, 2.05) is 39.6 Å². The predicted molar refractivity (Wildman–Crippen MR) is 199 cm³/mol. The lowest BCUT2D eigenvalue weighted by atomic mass is 9.92. The summed E-state index contributed by atoms with van der Waals surface area (Å²) in [4.78, 5) is 62.0. The summed E-state index contributed by atoms with van der Waals surface area (Å²) in [6.45, 7) is 14.1. The Bertz CT molecular complexity index is 1420. The summed E-state index contributed by atoms with van der Waals surface area (Å²) in [6.07, 6.45) is 5.00. The molecule has 4 N–H and O–H groups in total. The zero-order chi connectivity index (χ0) is 37.7. The van der Waals surface area contributed by atoms with Crippen LogP contribution in [0.3, 0.4) is 0 Å². The number of thiazole rings is 1. The Morgan fingerprint density at radius 2 is 1.76 bits per heavy atom. The van der Waals surface area contributed by atoms with E-state index >= 15 is 0 Å². The number of carbonyl (C=O) groups excluding carboxylic acids is 3. The number of likely N-dealkylation sites (tertiary alicyclic amines) is 1. The second kappa shape index (κ2) is 20.5. The Hall–Kier alpha value is -3.55. The minimum atomic E-state index is -1.20. The molecule has 0 saturated carbocycles. The van der Waals surface area contributed by atoms with Crippen molar-refractivity contribution >= 4 is 35.0 Å². The molecule has 12 nitrogen and oxygen atoms in total. The van der Waals surface area contributed by atoms with E-state index in [1.165, 1.54) is 23.5 Å². The van der Waals surface area contributed by atoms with Crippen molar-refractivity contribution in [2.24, 2.45) is 11.8 Å². The standard InChI is InChI=1S/C38H59N5O7S/c1-8-18-43(37(47)33(25(6)10-3)41-35(46)30-13-11-12-19-42(30)7)31(24(4)5)22-32(50-20-9-2)36-40-29(23-51-36)34(45)39-28(38(48)49)21-26-14-16-27(44)17-15-26/h14-17,23-25,28,30-33,44H,8-13,18-22H2,1-7H3,(H,39,45)(H,41,46)(H,48,49)/t25-,28-,30+,31+,32+,33-/m0/s1. The second-order valence-electron chi connectivity index (χ2n) is 14.1. The minimum Gasteiger partial charge on any atom is -0.508 e. The summed E-state index contributed by atoms with van der Waals surface area (Å²) in [5.74, 6) is -1.96. The zero-order valence-corrected chi connectivity index (χ0v) is 32.2. The number of carboxylic acid groups (broad SMARTS) is 1. The lowest BCUT2D eigenvalue weighted by Crippen LogP contribution is -2.58. The van der Waals surface area contributed by atoms with Gasteiger partial charge in [0.25, 0.3) is 5.91 Å². The van der Waals surface area contributed by atoms with Gasteiger partial charge in [0.2, 0.25) is 11.8 Å². The first kappa shape index (κ1) is 41.9. The van der Waals surface area contributed by atoms with Gasteiger partial charge in [0, 0.05) is 37.4 Å². The highest BCUT2D eigenvalue weighted by molar-refractivity contribution is 7.09. The number of hydrogen-bond donors (Lipinski definition) is 4. The number of aromatic nitrogens is 1. The summed E-state index contributed by atoms with van der Waals surface area (Å²) in [5.41, 5.74) is 0.738. The molecule has 1 aromatic carbocycles. The molecular formula is C38H59N5O7S. The zero-order valence-electron chi connectivity index (χ0n) is 31.4. The predicted octanol–water partition coefficient (Wildman–Crippen LogP) is 5.41. The van der Waals surface area contributed by atoms with E-state index in [0.717, 1.165) is 45.1 Å². The number of phenols is 1. The molecule has 2 aromatic rings. The number of benzene rings is 1. The molecule has 0 radical (unpaired) electrons. The highest BCUT2D eigenvalue weighted by atomic mass is 32.1. The van der Waals surface area contributed by atoms with Gasteiger partial charge < -0.3 is 30.5 Å². The van der Waals surface area contributed by atoms with Crippen LogP contribution in [-0.4, -0.2) is 99.6 Å². The first-order valence-corrected chi connectivity index (χ1v) is 19.4. The molecule has 3 rings (SSSR count). The molecule has 1 aliphatic heterocycles. The van der Waals surface area contributed by atoms with Crippen molar-refractivity contribution in [3.63, 3.8) is 0 Å². The van der Waals surface area contributed by atoms with E-state index in [1.54, 1.807) is 17.5 Å². The fourth-order valence-electron chi connectivity index (χ4n) is 6.52. The molecule has 0 aliphatic carbocycles. The highest BCUT2D eigenvalue weighted by Crippen LogP contribution is 2.32. The fourth-order valence-corrected chi connectivity index (χ4v) is 7.38. The third-order valence-corrected chi connectivity index (χ3v) is 10.7. The Kier molecular flexibility index (Phi) is 16.8. The maximum absolute atomic E-state index is 14.5. The Morgan fingerprint density at radius 3 is 2.35 bits per heavy atom. The van der Waals surface area contributed by atoms with Crippen LogP contribution in [0.25, 0.3) is 0 Å². The average molecular weight is 730 g/mol. The molecule has 0 bridgehead atoms. The van der Waals surface area contributed by atoms with Crippen LogP contribution in [0.15, 0.2) is 29.6 Å². The van der Waals surface area contributed by atoms with E-state index in [-0.39, 0.29) is 53.6 Å². The molecule has 6 atom stereocenters. The van der Waals surface area contributed by atoms with Gasteiger partial charge >= 0.3 is 5.97 Å². The van der Waals surface area contributed by atoms with E-state index in [4.69, 9.17) is 4.74 Å². The molecular weight excluding hydrogens is 671 g/mol. The number of amides is 3. The fraction of sp³-hybridized carbons (Fsp3) is 0.658. The van der Waals surface area contributed by atoms with Gasteiger partial charge in [-0.1, -0.05) is 66.5 Å². The molecule has 2 heterocycles. The molecule has 51 heavy (non-hydrogen) atoms. The monoisotopic (exact) mass is 729 g/mol.